The maximum Gasteiger partial charge on any atom is 0.0594 e. The first-order valence-corrected chi connectivity index (χ1v) is 8.06. The second kappa shape index (κ2) is 7.01. The Labute approximate surface area is 126 Å². The van der Waals surface area contributed by atoms with Crippen LogP contribution in [-0.2, 0) is 4.74 Å². The number of fused-ring (bicyclic) bond motifs is 1. The second-order valence-electron chi connectivity index (χ2n) is 5.82. The molecule has 0 amide bonds. The molecule has 0 saturated carbocycles. The van der Waals surface area contributed by atoms with Gasteiger partial charge in [0, 0.05) is 30.4 Å². The lowest BCUT2D eigenvalue weighted by atomic mass is 9.95. The van der Waals surface area contributed by atoms with Gasteiger partial charge in [-0.2, -0.15) is 0 Å². The van der Waals surface area contributed by atoms with Crippen LogP contribution in [0.5, 0.6) is 0 Å². The third kappa shape index (κ3) is 3.42. The van der Waals surface area contributed by atoms with Crippen molar-refractivity contribution in [3.8, 4) is 0 Å². The van der Waals surface area contributed by atoms with Crippen LogP contribution in [0.1, 0.15) is 44.2 Å². The number of rotatable bonds is 6. The van der Waals surface area contributed by atoms with E-state index >= 15 is 0 Å². The van der Waals surface area contributed by atoms with Crippen molar-refractivity contribution in [2.24, 2.45) is 0 Å². The summed E-state index contributed by atoms with van der Waals surface area (Å²) < 4.78 is 5.84. The van der Waals surface area contributed by atoms with Crippen molar-refractivity contribution in [2.75, 3.05) is 13.2 Å². The third-order valence-corrected chi connectivity index (χ3v) is 4.25. The highest BCUT2D eigenvalue weighted by Crippen LogP contribution is 2.29. The number of pyridine rings is 1. The van der Waals surface area contributed by atoms with Gasteiger partial charge in [0.15, 0.2) is 0 Å². The fourth-order valence-corrected chi connectivity index (χ4v) is 3.18. The van der Waals surface area contributed by atoms with Gasteiger partial charge in [0.2, 0.25) is 0 Å². The third-order valence-electron chi connectivity index (χ3n) is 4.25. The Hall–Kier alpha value is -1.45. The van der Waals surface area contributed by atoms with Gasteiger partial charge < -0.3 is 10.1 Å². The number of hydrogen-bond acceptors (Lipinski definition) is 3. The van der Waals surface area contributed by atoms with E-state index in [2.05, 4.69) is 41.5 Å². The Bertz CT molecular complexity index is 573. The lowest BCUT2D eigenvalue weighted by Crippen LogP contribution is -2.26. The van der Waals surface area contributed by atoms with E-state index in [9.17, 15) is 0 Å². The molecule has 3 heteroatoms. The Balaban J connectivity index is 1.89. The summed E-state index contributed by atoms with van der Waals surface area (Å²) in [6, 6.07) is 8.99. The van der Waals surface area contributed by atoms with Crippen molar-refractivity contribution in [2.45, 2.75) is 44.8 Å². The summed E-state index contributed by atoms with van der Waals surface area (Å²) in [4.78, 5) is 4.23. The fraction of sp³-hybridized carbons (Fsp3) is 0.500. The highest BCUT2D eigenvalue weighted by Gasteiger charge is 2.22. The Morgan fingerprint density at radius 1 is 1.38 bits per heavy atom. The van der Waals surface area contributed by atoms with Crippen LogP contribution in [0, 0.1) is 0 Å². The summed E-state index contributed by atoms with van der Waals surface area (Å²) in [6.45, 7) is 4.17. The largest absolute Gasteiger partial charge is 0.378 e. The van der Waals surface area contributed by atoms with Crippen molar-refractivity contribution in [1.82, 2.24) is 10.3 Å². The first kappa shape index (κ1) is 14.5. The Morgan fingerprint density at radius 3 is 3.14 bits per heavy atom. The molecule has 1 aromatic heterocycles. The minimum atomic E-state index is 0.360. The van der Waals surface area contributed by atoms with E-state index in [-0.39, 0.29) is 0 Å². The first-order valence-electron chi connectivity index (χ1n) is 8.06. The van der Waals surface area contributed by atoms with Gasteiger partial charge in [-0.15, -0.1) is 0 Å². The van der Waals surface area contributed by atoms with Gasteiger partial charge in [0.1, 0.15) is 0 Å². The number of hydrogen-bond donors (Lipinski definition) is 1. The van der Waals surface area contributed by atoms with Gasteiger partial charge in [-0.3, -0.25) is 4.98 Å². The molecular weight excluding hydrogens is 260 g/mol. The standard InChI is InChI=1S/C18H24N2O/c1-2-9-20-18(12-15-6-4-11-21-15)17-7-3-5-14-13-19-10-8-16(14)17/h3,5,7-8,10,13,15,18,20H,2,4,6,9,11-12H2,1H3. The molecule has 0 radical (unpaired) electrons. The van der Waals surface area contributed by atoms with Gasteiger partial charge in [0.25, 0.3) is 0 Å². The smallest absolute Gasteiger partial charge is 0.0594 e. The molecule has 1 aliphatic rings. The Morgan fingerprint density at radius 2 is 2.33 bits per heavy atom. The molecule has 1 aliphatic heterocycles. The van der Waals surface area contributed by atoms with Gasteiger partial charge in [0.05, 0.1) is 6.10 Å². The first-order chi connectivity index (χ1) is 10.4. The molecule has 2 unspecified atom stereocenters. The Kier molecular flexibility index (Phi) is 4.84. The summed E-state index contributed by atoms with van der Waals surface area (Å²) in [7, 11) is 0. The molecule has 1 saturated heterocycles. The zero-order chi connectivity index (χ0) is 14.5. The van der Waals surface area contributed by atoms with Gasteiger partial charge in [-0.1, -0.05) is 25.1 Å². The normalized spacial score (nSPS) is 20.0. The lowest BCUT2D eigenvalue weighted by molar-refractivity contribution is 0.0947. The fourth-order valence-electron chi connectivity index (χ4n) is 3.18. The van der Waals surface area contributed by atoms with Crippen LogP contribution in [0.4, 0.5) is 0 Å². The average molecular weight is 284 g/mol. The minimum Gasteiger partial charge on any atom is -0.378 e. The predicted octanol–water partition coefficient (Wildman–Crippen LogP) is 3.84. The van der Waals surface area contributed by atoms with Gasteiger partial charge in [-0.05, 0) is 49.2 Å². The van der Waals surface area contributed by atoms with E-state index in [4.69, 9.17) is 4.74 Å². The van der Waals surface area contributed by atoms with Crippen LogP contribution in [0.2, 0.25) is 0 Å². The minimum absolute atomic E-state index is 0.360. The summed E-state index contributed by atoms with van der Waals surface area (Å²) in [6.07, 6.45) is 8.82. The van der Waals surface area contributed by atoms with Crippen molar-refractivity contribution >= 4 is 10.8 Å². The average Bonchev–Trinajstić information content (AvgIpc) is 3.04. The molecule has 0 spiro atoms. The van der Waals surface area contributed by atoms with E-state index in [0.717, 1.165) is 26.0 Å². The van der Waals surface area contributed by atoms with Gasteiger partial charge >= 0.3 is 0 Å². The molecule has 112 valence electrons. The van der Waals surface area contributed by atoms with E-state index in [1.165, 1.54) is 29.2 Å². The maximum atomic E-state index is 5.84. The molecule has 2 aromatic rings. The number of ether oxygens (including phenoxy) is 1. The van der Waals surface area contributed by atoms with Crippen molar-refractivity contribution in [3.05, 3.63) is 42.2 Å². The van der Waals surface area contributed by atoms with E-state index < -0.39 is 0 Å². The summed E-state index contributed by atoms with van der Waals surface area (Å²) >= 11 is 0. The quantitative estimate of drug-likeness (QED) is 0.875. The topological polar surface area (TPSA) is 34.1 Å². The predicted molar refractivity (Wildman–Crippen MR) is 86.4 cm³/mol. The molecule has 0 aliphatic carbocycles. The molecule has 2 heterocycles. The summed E-state index contributed by atoms with van der Waals surface area (Å²) in [5.74, 6) is 0. The van der Waals surface area contributed by atoms with Crippen molar-refractivity contribution in [3.63, 3.8) is 0 Å². The van der Waals surface area contributed by atoms with Crippen molar-refractivity contribution < 1.29 is 4.74 Å². The molecule has 21 heavy (non-hydrogen) atoms. The molecule has 1 fully saturated rings. The van der Waals surface area contributed by atoms with Crippen LogP contribution >= 0.6 is 0 Å². The number of benzene rings is 1. The molecular formula is C18H24N2O. The van der Waals surface area contributed by atoms with Crippen LogP contribution in [0.25, 0.3) is 10.8 Å². The molecule has 3 nitrogen and oxygen atoms in total. The molecule has 0 bridgehead atoms. The summed E-state index contributed by atoms with van der Waals surface area (Å²) in [5.41, 5.74) is 1.37. The zero-order valence-electron chi connectivity index (χ0n) is 12.7. The van der Waals surface area contributed by atoms with Crippen LogP contribution in [0.3, 0.4) is 0 Å². The number of nitrogens with one attached hydrogen (secondary N) is 1. The van der Waals surface area contributed by atoms with E-state index in [1.54, 1.807) is 0 Å². The number of nitrogens with zero attached hydrogens (tertiary/aromatic N) is 1. The monoisotopic (exact) mass is 284 g/mol. The zero-order valence-corrected chi connectivity index (χ0v) is 12.7. The van der Waals surface area contributed by atoms with Crippen molar-refractivity contribution in [1.29, 1.82) is 0 Å². The molecule has 2 atom stereocenters. The highest BCUT2D eigenvalue weighted by molar-refractivity contribution is 5.85. The highest BCUT2D eigenvalue weighted by atomic mass is 16.5. The van der Waals surface area contributed by atoms with E-state index in [1.807, 2.05) is 12.4 Å². The SMILES string of the molecule is CCCNC(CC1CCCO1)c1cccc2cnccc12. The summed E-state index contributed by atoms with van der Waals surface area (Å²) in [5, 5.41) is 6.22. The van der Waals surface area contributed by atoms with Crippen LogP contribution in [-0.4, -0.2) is 24.2 Å². The molecule has 1 aromatic carbocycles. The second-order valence-corrected chi connectivity index (χ2v) is 5.82. The van der Waals surface area contributed by atoms with Gasteiger partial charge in [-0.25, -0.2) is 0 Å². The molecule has 1 N–H and O–H groups in total. The van der Waals surface area contributed by atoms with E-state index in [0.29, 0.717) is 12.1 Å². The number of aromatic nitrogens is 1. The molecule has 3 rings (SSSR count). The van der Waals surface area contributed by atoms with Crippen LogP contribution < -0.4 is 5.32 Å². The van der Waals surface area contributed by atoms with Crippen LogP contribution in [0.15, 0.2) is 36.7 Å². The lowest BCUT2D eigenvalue weighted by Gasteiger charge is -2.23. The maximum absolute atomic E-state index is 5.84.